The zero-order chi connectivity index (χ0) is 14.4. The van der Waals surface area contributed by atoms with E-state index in [1.807, 2.05) is 4.90 Å². The third kappa shape index (κ3) is 4.34. The molecular weight excluding hydrogens is 248 g/mol. The highest BCUT2D eigenvalue weighted by atomic mass is 16.2. The summed E-state index contributed by atoms with van der Waals surface area (Å²) in [5, 5.41) is 3.36. The molecular formula is C17H26N2O. The van der Waals surface area contributed by atoms with E-state index in [1.54, 1.807) is 0 Å². The van der Waals surface area contributed by atoms with Crippen LogP contribution in [0.2, 0.25) is 0 Å². The number of hydrogen-bond donors (Lipinski definition) is 1. The van der Waals surface area contributed by atoms with Gasteiger partial charge in [0.15, 0.2) is 0 Å². The van der Waals surface area contributed by atoms with Gasteiger partial charge < -0.3 is 10.2 Å². The maximum absolute atomic E-state index is 11.9. The van der Waals surface area contributed by atoms with Crippen molar-refractivity contribution in [2.75, 3.05) is 19.6 Å². The van der Waals surface area contributed by atoms with E-state index in [1.165, 1.54) is 24.0 Å². The maximum Gasteiger partial charge on any atom is 0.223 e. The summed E-state index contributed by atoms with van der Waals surface area (Å²) in [6.45, 7) is 7.92. The molecule has 3 nitrogen and oxygen atoms in total. The lowest BCUT2D eigenvalue weighted by Gasteiger charge is -2.15. The lowest BCUT2D eigenvalue weighted by Crippen LogP contribution is -2.30. The molecule has 0 atom stereocenters. The third-order valence-corrected chi connectivity index (χ3v) is 3.95. The number of nitrogens with zero attached hydrogens (tertiary/aromatic N) is 1. The van der Waals surface area contributed by atoms with Crippen LogP contribution in [-0.2, 0) is 11.3 Å². The van der Waals surface area contributed by atoms with Gasteiger partial charge >= 0.3 is 0 Å². The minimum Gasteiger partial charge on any atom is -0.343 e. The molecule has 0 unspecified atom stereocenters. The maximum atomic E-state index is 11.9. The van der Waals surface area contributed by atoms with Crippen LogP contribution in [0.15, 0.2) is 24.3 Å². The molecule has 0 aromatic heterocycles. The molecule has 0 radical (unpaired) electrons. The zero-order valence-corrected chi connectivity index (χ0v) is 12.7. The topological polar surface area (TPSA) is 32.3 Å². The van der Waals surface area contributed by atoms with E-state index in [0.29, 0.717) is 18.2 Å². The van der Waals surface area contributed by atoms with Crippen molar-refractivity contribution in [2.45, 2.75) is 45.6 Å². The summed E-state index contributed by atoms with van der Waals surface area (Å²) in [5.41, 5.74) is 2.65. The number of carbonyl (C=O) groups is 1. The summed E-state index contributed by atoms with van der Waals surface area (Å²) in [4.78, 5) is 13.8. The minimum absolute atomic E-state index is 0.296. The molecule has 1 aliphatic heterocycles. The van der Waals surface area contributed by atoms with Crippen molar-refractivity contribution in [3.05, 3.63) is 35.4 Å². The predicted molar refractivity (Wildman–Crippen MR) is 82.7 cm³/mol. The first-order valence-corrected chi connectivity index (χ1v) is 7.74. The van der Waals surface area contributed by atoms with Crippen molar-refractivity contribution in [1.29, 1.82) is 0 Å². The molecule has 1 amide bonds. The monoisotopic (exact) mass is 274 g/mol. The zero-order valence-electron chi connectivity index (χ0n) is 12.7. The van der Waals surface area contributed by atoms with Crippen LogP contribution in [0, 0.1) is 0 Å². The molecule has 1 aliphatic rings. The first-order valence-electron chi connectivity index (χ1n) is 7.74. The molecule has 3 heteroatoms. The molecule has 1 aromatic carbocycles. The lowest BCUT2D eigenvalue weighted by atomic mass is 10.0. The molecule has 0 aliphatic carbocycles. The standard InChI is InChI=1S/C17H26N2O/c1-14(2)16-7-5-15(6-8-16)13-18-10-9-17(20)19-11-3-4-12-19/h5-8,14,18H,3-4,9-13H2,1-2H3. The quantitative estimate of drug-likeness (QED) is 0.809. The fourth-order valence-corrected chi connectivity index (χ4v) is 2.57. The van der Waals surface area contributed by atoms with Gasteiger partial charge in [0.1, 0.15) is 0 Å². The van der Waals surface area contributed by atoms with Crippen LogP contribution in [0.1, 0.15) is 50.2 Å². The Morgan fingerprint density at radius 2 is 1.85 bits per heavy atom. The number of likely N-dealkylation sites (tertiary alicyclic amines) is 1. The molecule has 110 valence electrons. The average molecular weight is 274 g/mol. The Hall–Kier alpha value is -1.35. The van der Waals surface area contributed by atoms with E-state index in [0.717, 1.165) is 26.2 Å². The molecule has 1 heterocycles. The first kappa shape index (κ1) is 15.0. The second-order valence-corrected chi connectivity index (χ2v) is 5.91. The second kappa shape index (κ2) is 7.44. The van der Waals surface area contributed by atoms with Gasteiger partial charge in [0.2, 0.25) is 5.91 Å². The Bertz CT molecular complexity index is 419. The van der Waals surface area contributed by atoms with Crippen LogP contribution in [0.4, 0.5) is 0 Å². The predicted octanol–water partition coefficient (Wildman–Crippen LogP) is 2.91. The number of rotatable bonds is 6. The molecule has 1 saturated heterocycles. The van der Waals surface area contributed by atoms with E-state index in [-0.39, 0.29) is 0 Å². The summed E-state index contributed by atoms with van der Waals surface area (Å²) >= 11 is 0. The summed E-state index contributed by atoms with van der Waals surface area (Å²) in [6.07, 6.45) is 2.95. The van der Waals surface area contributed by atoms with Crippen LogP contribution in [0.25, 0.3) is 0 Å². The molecule has 2 rings (SSSR count). The molecule has 0 spiro atoms. The number of carbonyl (C=O) groups excluding carboxylic acids is 1. The highest BCUT2D eigenvalue weighted by Crippen LogP contribution is 2.14. The Kier molecular flexibility index (Phi) is 5.60. The highest BCUT2D eigenvalue weighted by Gasteiger charge is 2.16. The Morgan fingerprint density at radius 1 is 1.20 bits per heavy atom. The van der Waals surface area contributed by atoms with Crippen molar-refractivity contribution in [3.8, 4) is 0 Å². The SMILES string of the molecule is CC(C)c1ccc(CNCCC(=O)N2CCCC2)cc1. The molecule has 1 fully saturated rings. The van der Waals surface area contributed by atoms with Gasteiger partial charge in [-0.2, -0.15) is 0 Å². The van der Waals surface area contributed by atoms with Crippen LogP contribution < -0.4 is 5.32 Å². The Labute approximate surface area is 122 Å². The van der Waals surface area contributed by atoms with Gasteiger partial charge in [-0.25, -0.2) is 0 Å². The van der Waals surface area contributed by atoms with Gasteiger partial charge in [0, 0.05) is 32.6 Å². The van der Waals surface area contributed by atoms with Gasteiger partial charge in [0.25, 0.3) is 0 Å². The van der Waals surface area contributed by atoms with Gasteiger partial charge in [-0.1, -0.05) is 38.1 Å². The summed E-state index contributed by atoms with van der Waals surface area (Å²) in [5.74, 6) is 0.875. The minimum atomic E-state index is 0.296. The van der Waals surface area contributed by atoms with Crippen LogP contribution >= 0.6 is 0 Å². The van der Waals surface area contributed by atoms with E-state index in [4.69, 9.17) is 0 Å². The van der Waals surface area contributed by atoms with Crippen molar-refractivity contribution in [2.24, 2.45) is 0 Å². The highest BCUT2D eigenvalue weighted by molar-refractivity contribution is 5.76. The fourth-order valence-electron chi connectivity index (χ4n) is 2.57. The van der Waals surface area contributed by atoms with Crippen molar-refractivity contribution in [3.63, 3.8) is 0 Å². The first-order chi connectivity index (χ1) is 9.66. The van der Waals surface area contributed by atoms with Crippen LogP contribution in [-0.4, -0.2) is 30.4 Å². The molecule has 1 N–H and O–H groups in total. The van der Waals surface area contributed by atoms with E-state index in [9.17, 15) is 4.79 Å². The van der Waals surface area contributed by atoms with Crippen LogP contribution in [0.5, 0.6) is 0 Å². The van der Waals surface area contributed by atoms with Gasteiger partial charge in [-0.05, 0) is 29.9 Å². The third-order valence-electron chi connectivity index (χ3n) is 3.95. The Morgan fingerprint density at radius 3 is 2.45 bits per heavy atom. The number of benzene rings is 1. The number of hydrogen-bond acceptors (Lipinski definition) is 2. The largest absolute Gasteiger partial charge is 0.343 e. The van der Waals surface area contributed by atoms with E-state index < -0.39 is 0 Å². The van der Waals surface area contributed by atoms with Gasteiger partial charge in [0.05, 0.1) is 0 Å². The molecule has 1 aromatic rings. The van der Waals surface area contributed by atoms with Gasteiger partial charge in [-0.15, -0.1) is 0 Å². The Balaban J connectivity index is 1.66. The molecule has 0 saturated carbocycles. The summed E-state index contributed by atoms with van der Waals surface area (Å²) in [6, 6.07) is 8.73. The van der Waals surface area contributed by atoms with E-state index in [2.05, 4.69) is 43.4 Å². The summed E-state index contributed by atoms with van der Waals surface area (Å²) < 4.78 is 0. The number of amides is 1. The number of nitrogens with one attached hydrogen (secondary N) is 1. The second-order valence-electron chi connectivity index (χ2n) is 5.91. The van der Waals surface area contributed by atoms with Crippen molar-refractivity contribution >= 4 is 5.91 Å². The molecule has 0 bridgehead atoms. The summed E-state index contributed by atoms with van der Waals surface area (Å²) in [7, 11) is 0. The van der Waals surface area contributed by atoms with Crippen LogP contribution in [0.3, 0.4) is 0 Å². The average Bonchev–Trinajstić information content (AvgIpc) is 2.98. The smallest absolute Gasteiger partial charge is 0.223 e. The van der Waals surface area contributed by atoms with Crippen molar-refractivity contribution in [1.82, 2.24) is 10.2 Å². The van der Waals surface area contributed by atoms with E-state index >= 15 is 0 Å². The van der Waals surface area contributed by atoms with Crippen molar-refractivity contribution < 1.29 is 4.79 Å². The molecule has 20 heavy (non-hydrogen) atoms. The van der Waals surface area contributed by atoms with Gasteiger partial charge in [-0.3, -0.25) is 4.79 Å². The normalized spacial score (nSPS) is 15.1. The fraction of sp³-hybridized carbons (Fsp3) is 0.588. The lowest BCUT2D eigenvalue weighted by molar-refractivity contribution is -0.130.